The van der Waals surface area contributed by atoms with Crippen LogP contribution in [0, 0.1) is 5.92 Å². The summed E-state index contributed by atoms with van der Waals surface area (Å²) in [5.41, 5.74) is 0.992. The van der Waals surface area contributed by atoms with Crippen molar-refractivity contribution >= 4 is 0 Å². The summed E-state index contributed by atoms with van der Waals surface area (Å²) in [6.07, 6.45) is 4.50. The number of nitrogens with zero attached hydrogens (tertiary/aromatic N) is 4. The van der Waals surface area contributed by atoms with Crippen LogP contribution in [0.4, 0.5) is 0 Å². The molecule has 19 heavy (non-hydrogen) atoms. The minimum absolute atomic E-state index is 0.689. The van der Waals surface area contributed by atoms with Crippen molar-refractivity contribution in [1.82, 2.24) is 25.2 Å². The predicted octanol–water partition coefficient (Wildman–Crippen LogP) is 0.356. The van der Waals surface area contributed by atoms with Gasteiger partial charge in [0.25, 0.3) is 0 Å². The first-order chi connectivity index (χ1) is 9.28. The summed E-state index contributed by atoms with van der Waals surface area (Å²) in [7, 11) is 4.08. The van der Waals surface area contributed by atoms with Crippen molar-refractivity contribution in [3.8, 4) is 0 Å². The highest BCUT2D eigenvalue weighted by molar-refractivity contribution is 4.91. The topological polar surface area (TPSA) is 55.2 Å². The van der Waals surface area contributed by atoms with Crippen molar-refractivity contribution in [3.05, 3.63) is 11.9 Å². The standard InChI is InChI=1S/C13H25N5O/c1-14-8-13-10-18(16-15-13)6-5-17(2)9-12-4-3-7-19-11-12/h10,12,14H,3-9,11H2,1-2H3. The van der Waals surface area contributed by atoms with Gasteiger partial charge >= 0.3 is 0 Å². The fourth-order valence-electron chi connectivity index (χ4n) is 2.47. The van der Waals surface area contributed by atoms with E-state index >= 15 is 0 Å². The maximum atomic E-state index is 5.51. The molecule has 1 saturated heterocycles. The third-order valence-electron chi connectivity index (χ3n) is 3.48. The molecule has 1 N–H and O–H groups in total. The van der Waals surface area contributed by atoms with E-state index < -0.39 is 0 Å². The van der Waals surface area contributed by atoms with Crippen LogP contribution in [0.2, 0.25) is 0 Å². The van der Waals surface area contributed by atoms with Gasteiger partial charge in [0.05, 0.1) is 18.8 Å². The molecule has 0 spiro atoms. The SMILES string of the molecule is CNCc1cn(CCN(C)CC2CCCOC2)nn1. The summed E-state index contributed by atoms with van der Waals surface area (Å²) in [5, 5.41) is 11.3. The lowest BCUT2D eigenvalue weighted by molar-refractivity contribution is 0.0416. The van der Waals surface area contributed by atoms with Gasteiger partial charge in [-0.25, -0.2) is 0 Å². The molecular formula is C13H25N5O. The van der Waals surface area contributed by atoms with Crippen LogP contribution < -0.4 is 5.32 Å². The lowest BCUT2D eigenvalue weighted by Crippen LogP contribution is -2.33. The minimum atomic E-state index is 0.689. The quantitative estimate of drug-likeness (QED) is 0.773. The lowest BCUT2D eigenvalue weighted by atomic mass is 10.0. The molecule has 2 rings (SSSR count). The van der Waals surface area contributed by atoms with E-state index in [1.54, 1.807) is 0 Å². The Bertz CT molecular complexity index is 362. The van der Waals surface area contributed by atoms with Gasteiger partial charge in [-0.05, 0) is 32.9 Å². The molecule has 1 aromatic rings. The van der Waals surface area contributed by atoms with Gasteiger partial charge < -0.3 is 15.0 Å². The molecule has 0 saturated carbocycles. The Kier molecular flexibility index (Phi) is 5.75. The maximum Gasteiger partial charge on any atom is 0.0964 e. The Hall–Kier alpha value is -0.980. The Balaban J connectivity index is 1.68. The van der Waals surface area contributed by atoms with Gasteiger partial charge in [-0.15, -0.1) is 5.10 Å². The highest BCUT2D eigenvalue weighted by Gasteiger charge is 2.15. The fraction of sp³-hybridized carbons (Fsp3) is 0.846. The molecule has 0 aliphatic carbocycles. The van der Waals surface area contributed by atoms with E-state index in [2.05, 4.69) is 27.6 Å². The smallest absolute Gasteiger partial charge is 0.0964 e. The Morgan fingerprint density at radius 2 is 2.47 bits per heavy atom. The van der Waals surface area contributed by atoms with E-state index in [4.69, 9.17) is 4.74 Å². The first kappa shape index (κ1) is 14.4. The Morgan fingerprint density at radius 1 is 1.58 bits per heavy atom. The second-order valence-electron chi connectivity index (χ2n) is 5.35. The summed E-state index contributed by atoms with van der Waals surface area (Å²) in [6, 6.07) is 0. The first-order valence-electron chi connectivity index (χ1n) is 7.08. The molecule has 108 valence electrons. The molecular weight excluding hydrogens is 242 g/mol. The average molecular weight is 267 g/mol. The molecule has 1 aliphatic rings. The van der Waals surface area contributed by atoms with Gasteiger partial charge in [-0.3, -0.25) is 4.68 Å². The average Bonchev–Trinajstić information content (AvgIpc) is 2.86. The van der Waals surface area contributed by atoms with Gasteiger partial charge in [0.2, 0.25) is 0 Å². The van der Waals surface area contributed by atoms with Crippen LogP contribution in [0.25, 0.3) is 0 Å². The molecule has 0 radical (unpaired) electrons. The van der Waals surface area contributed by atoms with E-state index in [0.29, 0.717) is 5.92 Å². The third-order valence-corrected chi connectivity index (χ3v) is 3.48. The van der Waals surface area contributed by atoms with E-state index in [9.17, 15) is 0 Å². The van der Waals surface area contributed by atoms with Crippen LogP contribution in [-0.4, -0.2) is 60.3 Å². The molecule has 0 aromatic carbocycles. The maximum absolute atomic E-state index is 5.51. The van der Waals surface area contributed by atoms with E-state index in [1.807, 2.05) is 17.9 Å². The fourth-order valence-corrected chi connectivity index (χ4v) is 2.47. The molecule has 6 nitrogen and oxygen atoms in total. The molecule has 6 heteroatoms. The molecule has 1 aromatic heterocycles. The zero-order chi connectivity index (χ0) is 13.5. The van der Waals surface area contributed by atoms with E-state index in [1.165, 1.54) is 12.8 Å². The highest BCUT2D eigenvalue weighted by atomic mass is 16.5. The largest absolute Gasteiger partial charge is 0.381 e. The number of hydrogen-bond donors (Lipinski definition) is 1. The zero-order valence-corrected chi connectivity index (χ0v) is 12.0. The number of rotatable bonds is 7. The zero-order valence-electron chi connectivity index (χ0n) is 12.0. The van der Waals surface area contributed by atoms with Crippen LogP contribution in [0.5, 0.6) is 0 Å². The van der Waals surface area contributed by atoms with Crippen molar-refractivity contribution in [2.24, 2.45) is 5.92 Å². The molecule has 1 aliphatic heterocycles. The monoisotopic (exact) mass is 267 g/mol. The molecule has 1 unspecified atom stereocenters. The number of ether oxygens (including phenoxy) is 1. The first-order valence-corrected chi connectivity index (χ1v) is 7.08. The Labute approximate surface area is 115 Å². The van der Waals surface area contributed by atoms with Crippen molar-refractivity contribution in [3.63, 3.8) is 0 Å². The van der Waals surface area contributed by atoms with Crippen molar-refractivity contribution in [2.45, 2.75) is 25.9 Å². The normalized spacial score (nSPS) is 20.1. The van der Waals surface area contributed by atoms with Gasteiger partial charge in [0, 0.05) is 32.4 Å². The molecule has 0 bridgehead atoms. The van der Waals surface area contributed by atoms with Crippen molar-refractivity contribution in [2.75, 3.05) is 40.4 Å². The summed E-state index contributed by atoms with van der Waals surface area (Å²) in [6.45, 7) is 5.63. The van der Waals surface area contributed by atoms with Crippen LogP contribution in [0.1, 0.15) is 18.5 Å². The van der Waals surface area contributed by atoms with E-state index in [-0.39, 0.29) is 0 Å². The number of nitrogens with one attached hydrogen (secondary N) is 1. The van der Waals surface area contributed by atoms with Gasteiger partial charge in [0.1, 0.15) is 0 Å². The molecule has 2 heterocycles. The number of aromatic nitrogens is 3. The van der Waals surface area contributed by atoms with Crippen molar-refractivity contribution in [1.29, 1.82) is 0 Å². The van der Waals surface area contributed by atoms with Crippen molar-refractivity contribution < 1.29 is 4.74 Å². The lowest BCUT2D eigenvalue weighted by Gasteiger charge is -2.26. The number of likely N-dealkylation sites (N-methyl/N-ethyl adjacent to an activating group) is 1. The summed E-state index contributed by atoms with van der Waals surface area (Å²) < 4.78 is 7.43. The molecule has 1 fully saturated rings. The highest BCUT2D eigenvalue weighted by Crippen LogP contribution is 2.14. The Morgan fingerprint density at radius 3 is 3.21 bits per heavy atom. The predicted molar refractivity (Wildman–Crippen MR) is 73.8 cm³/mol. The summed E-state index contributed by atoms with van der Waals surface area (Å²) in [5.74, 6) is 0.689. The van der Waals surface area contributed by atoms with Crippen LogP contribution in [0.15, 0.2) is 6.20 Å². The van der Waals surface area contributed by atoms with Crippen LogP contribution in [0.3, 0.4) is 0 Å². The van der Waals surface area contributed by atoms with Crippen LogP contribution >= 0.6 is 0 Å². The summed E-state index contributed by atoms with van der Waals surface area (Å²) in [4.78, 5) is 2.36. The van der Waals surface area contributed by atoms with Gasteiger partial charge in [-0.2, -0.15) is 0 Å². The third kappa shape index (κ3) is 4.89. The second-order valence-corrected chi connectivity index (χ2v) is 5.35. The molecule has 1 atom stereocenters. The summed E-state index contributed by atoms with van der Waals surface area (Å²) >= 11 is 0. The van der Waals surface area contributed by atoms with Gasteiger partial charge in [0.15, 0.2) is 0 Å². The minimum Gasteiger partial charge on any atom is -0.381 e. The van der Waals surface area contributed by atoms with Crippen LogP contribution in [-0.2, 0) is 17.8 Å². The number of hydrogen-bond acceptors (Lipinski definition) is 5. The van der Waals surface area contributed by atoms with Gasteiger partial charge in [-0.1, -0.05) is 5.21 Å². The molecule has 0 amide bonds. The van der Waals surface area contributed by atoms with E-state index in [0.717, 1.165) is 45.1 Å². The second kappa shape index (κ2) is 7.57.